The molecule has 1 amide bonds. The summed E-state index contributed by atoms with van der Waals surface area (Å²) in [7, 11) is 0. The summed E-state index contributed by atoms with van der Waals surface area (Å²) in [5, 5.41) is 10.2. The number of nitrogens with one attached hydrogen (secondary N) is 1. The second kappa shape index (κ2) is 6.13. The number of carbonyl (C=O) groups excluding carboxylic acids is 1. The summed E-state index contributed by atoms with van der Waals surface area (Å²) in [5.41, 5.74) is 5.67. The number of rotatable bonds is 6. The average molecular weight is 211 g/mol. The largest absolute Gasteiger partial charge is 0.354 e. The summed E-state index contributed by atoms with van der Waals surface area (Å²) in [5.74, 6) is -0.00519. The van der Waals surface area contributed by atoms with Crippen LogP contribution in [0.5, 0.6) is 0 Å². The third-order valence-corrected chi connectivity index (χ3v) is 2.13. The first-order valence-electron chi connectivity index (χ1n) is 5.08. The number of hydrogen-bond acceptors (Lipinski definition) is 4. The molecular weight excluding hydrogens is 194 g/mol. The van der Waals surface area contributed by atoms with Gasteiger partial charge in [0.2, 0.25) is 5.91 Å². The van der Waals surface area contributed by atoms with Gasteiger partial charge in [-0.15, -0.1) is 5.10 Å². The summed E-state index contributed by atoms with van der Waals surface area (Å²) in [6, 6.07) is 0.0420. The van der Waals surface area contributed by atoms with Crippen LogP contribution in [0.3, 0.4) is 0 Å². The van der Waals surface area contributed by atoms with Crippen LogP contribution in [0.15, 0.2) is 12.4 Å². The third-order valence-electron chi connectivity index (χ3n) is 2.13. The highest BCUT2D eigenvalue weighted by Crippen LogP contribution is 1.88. The molecule has 1 aromatic rings. The molecular formula is C9H17N5O. The van der Waals surface area contributed by atoms with E-state index in [0.29, 0.717) is 19.5 Å². The summed E-state index contributed by atoms with van der Waals surface area (Å²) in [4.78, 5) is 11.3. The van der Waals surface area contributed by atoms with Crippen molar-refractivity contribution < 1.29 is 4.79 Å². The number of carbonyl (C=O) groups is 1. The van der Waals surface area contributed by atoms with Crippen molar-refractivity contribution in [2.45, 2.75) is 32.4 Å². The highest BCUT2D eigenvalue weighted by Gasteiger charge is 2.04. The fourth-order valence-corrected chi connectivity index (χ4v) is 1.05. The van der Waals surface area contributed by atoms with Crippen LogP contribution < -0.4 is 11.1 Å². The van der Waals surface area contributed by atoms with Gasteiger partial charge >= 0.3 is 0 Å². The fraction of sp³-hybridized carbons (Fsp3) is 0.667. The van der Waals surface area contributed by atoms with Gasteiger partial charge < -0.3 is 11.1 Å². The van der Waals surface area contributed by atoms with Gasteiger partial charge in [-0.25, -0.2) is 0 Å². The maximum atomic E-state index is 11.3. The second-order valence-corrected chi connectivity index (χ2v) is 3.39. The predicted octanol–water partition coefficient (Wildman–Crippen LogP) is -0.478. The highest BCUT2D eigenvalue weighted by atomic mass is 16.1. The Morgan fingerprint density at radius 3 is 3.07 bits per heavy atom. The molecule has 0 aliphatic heterocycles. The molecule has 0 radical (unpaired) electrons. The molecule has 6 nitrogen and oxygen atoms in total. The minimum absolute atomic E-state index is 0.00519. The zero-order valence-corrected chi connectivity index (χ0v) is 8.89. The molecule has 6 heteroatoms. The molecule has 3 N–H and O–H groups in total. The zero-order valence-electron chi connectivity index (χ0n) is 8.89. The van der Waals surface area contributed by atoms with Crippen molar-refractivity contribution >= 4 is 5.91 Å². The van der Waals surface area contributed by atoms with E-state index in [-0.39, 0.29) is 11.9 Å². The van der Waals surface area contributed by atoms with Crippen molar-refractivity contribution in [3.63, 3.8) is 0 Å². The third kappa shape index (κ3) is 4.55. The van der Waals surface area contributed by atoms with E-state index in [1.54, 1.807) is 17.1 Å². The SMILES string of the molecule is CCC(N)CNC(=O)CCn1ccnn1. The van der Waals surface area contributed by atoms with Crippen molar-refractivity contribution in [2.24, 2.45) is 5.73 Å². The first-order chi connectivity index (χ1) is 7.22. The van der Waals surface area contributed by atoms with Crippen LogP contribution in [-0.2, 0) is 11.3 Å². The van der Waals surface area contributed by atoms with E-state index in [1.165, 1.54) is 0 Å². The molecule has 0 aromatic carbocycles. The number of aromatic nitrogens is 3. The molecule has 1 rings (SSSR count). The Labute approximate surface area is 88.8 Å². The summed E-state index contributed by atoms with van der Waals surface area (Å²) < 4.78 is 1.62. The predicted molar refractivity (Wildman–Crippen MR) is 55.9 cm³/mol. The van der Waals surface area contributed by atoms with Crippen LogP contribution in [0.25, 0.3) is 0 Å². The van der Waals surface area contributed by atoms with Crippen LogP contribution in [0, 0.1) is 0 Å². The Kier molecular flexibility index (Phi) is 4.76. The number of amides is 1. The lowest BCUT2D eigenvalue weighted by Crippen LogP contribution is -2.37. The number of nitrogens with zero attached hydrogens (tertiary/aromatic N) is 3. The molecule has 1 heterocycles. The number of nitrogens with two attached hydrogens (primary N) is 1. The summed E-state index contributed by atoms with van der Waals surface area (Å²) in [6.07, 6.45) is 4.58. The quantitative estimate of drug-likeness (QED) is 0.665. The minimum atomic E-state index is -0.00519. The molecule has 1 aromatic heterocycles. The molecule has 0 bridgehead atoms. The molecule has 15 heavy (non-hydrogen) atoms. The van der Waals surface area contributed by atoms with Crippen LogP contribution in [0.4, 0.5) is 0 Å². The van der Waals surface area contributed by atoms with Gasteiger partial charge in [-0.3, -0.25) is 9.48 Å². The molecule has 0 spiro atoms. The van der Waals surface area contributed by atoms with Crippen molar-refractivity contribution in [3.8, 4) is 0 Å². The topological polar surface area (TPSA) is 85.8 Å². The van der Waals surface area contributed by atoms with Gasteiger partial charge in [-0.05, 0) is 6.42 Å². The van der Waals surface area contributed by atoms with Gasteiger partial charge in [-0.1, -0.05) is 12.1 Å². The minimum Gasteiger partial charge on any atom is -0.354 e. The normalized spacial score (nSPS) is 12.4. The first-order valence-corrected chi connectivity index (χ1v) is 5.08. The van der Waals surface area contributed by atoms with E-state index in [4.69, 9.17) is 5.73 Å². The summed E-state index contributed by atoms with van der Waals surface area (Å²) >= 11 is 0. The molecule has 0 aliphatic rings. The van der Waals surface area contributed by atoms with Crippen molar-refractivity contribution in [1.82, 2.24) is 20.3 Å². The fourth-order valence-electron chi connectivity index (χ4n) is 1.05. The second-order valence-electron chi connectivity index (χ2n) is 3.39. The van der Waals surface area contributed by atoms with Crippen LogP contribution in [0.2, 0.25) is 0 Å². The van der Waals surface area contributed by atoms with E-state index in [0.717, 1.165) is 6.42 Å². The van der Waals surface area contributed by atoms with Crippen LogP contribution in [-0.4, -0.2) is 33.5 Å². The molecule has 84 valence electrons. The van der Waals surface area contributed by atoms with Crippen molar-refractivity contribution in [2.75, 3.05) is 6.54 Å². The van der Waals surface area contributed by atoms with Crippen LogP contribution >= 0.6 is 0 Å². The van der Waals surface area contributed by atoms with Gasteiger partial charge in [0.15, 0.2) is 0 Å². The molecule has 0 fully saturated rings. The monoisotopic (exact) mass is 211 g/mol. The van der Waals surface area contributed by atoms with Crippen molar-refractivity contribution in [3.05, 3.63) is 12.4 Å². The molecule has 0 saturated heterocycles. The van der Waals surface area contributed by atoms with Gasteiger partial charge in [-0.2, -0.15) is 0 Å². The zero-order chi connectivity index (χ0) is 11.1. The Morgan fingerprint density at radius 1 is 1.67 bits per heavy atom. The molecule has 0 aliphatic carbocycles. The van der Waals surface area contributed by atoms with Crippen molar-refractivity contribution in [1.29, 1.82) is 0 Å². The van der Waals surface area contributed by atoms with E-state index in [1.807, 2.05) is 6.92 Å². The lowest BCUT2D eigenvalue weighted by Gasteiger charge is -2.09. The first kappa shape index (κ1) is 11.6. The molecule has 1 unspecified atom stereocenters. The number of aryl methyl sites for hydroxylation is 1. The Bertz CT molecular complexity index is 285. The van der Waals surface area contributed by atoms with E-state index in [9.17, 15) is 4.79 Å². The Morgan fingerprint density at radius 2 is 2.47 bits per heavy atom. The van der Waals surface area contributed by atoms with Gasteiger partial charge in [0.05, 0.1) is 12.7 Å². The maximum Gasteiger partial charge on any atom is 0.221 e. The van der Waals surface area contributed by atoms with Gasteiger partial charge in [0.1, 0.15) is 0 Å². The Balaban J connectivity index is 2.14. The summed E-state index contributed by atoms with van der Waals surface area (Å²) in [6.45, 7) is 3.08. The molecule has 0 saturated carbocycles. The molecule has 1 atom stereocenters. The lowest BCUT2D eigenvalue weighted by molar-refractivity contribution is -0.121. The highest BCUT2D eigenvalue weighted by molar-refractivity contribution is 5.75. The van der Waals surface area contributed by atoms with E-state index < -0.39 is 0 Å². The lowest BCUT2D eigenvalue weighted by atomic mass is 10.2. The van der Waals surface area contributed by atoms with Crippen LogP contribution in [0.1, 0.15) is 19.8 Å². The standard InChI is InChI=1S/C9H17N5O/c1-2-8(10)7-11-9(15)3-5-14-6-4-12-13-14/h4,6,8H,2-3,5,7,10H2,1H3,(H,11,15). The van der Waals surface area contributed by atoms with E-state index >= 15 is 0 Å². The van der Waals surface area contributed by atoms with E-state index in [2.05, 4.69) is 15.6 Å². The Hall–Kier alpha value is -1.43. The van der Waals surface area contributed by atoms with Gasteiger partial charge in [0, 0.05) is 25.2 Å². The number of hydrogen-bond donors (Lipinski definition) is 2. The smallest absolute Gasteiger partial charge is 0.221 e. The van der Waals surface area contributed by atoms with Gasteiger partial charge in [0.25, 0.3) is 0 Å². The maximum absolute atomic E-state index is 11.3. The average Bonchev–Trinajstić information content (AvgIpc) is 2.75.